The minimum Gasteiger partial charge on any atom is -0.358 e. The quantitative estimate of drug-likeness (QED) is 0.716. The molecule has 0 spiro atoms. The van der Waals surface area contributed by atoms with Crippen LogP contribution in [0.2, 0.25) is 0 Å². The third-order valence-corrected chi connectivity index (χ3v) is 4.61. The summed E-state index contributed by atoms with van der Waals surface area (Å²) in [4.78, 5) is 17.8. The van der Waals surface area contributed by atoms with Crippen molar-refractivity contribution < 1.29 is 0 Å². The van der Waals surface area contributed by atoms with Crippen LogP contribution in [0, 0.1) is 0 Å². The monoisotopic (exact) mass is 348 g/mol. The van der Waals surface area contributed by atoms with Crippen LogP contribution in [0.3, 0.4) is 0 Å². The zero-order valence-corrected chi connectivity index (χ0v) is 14.9. The first kappa shape index (κ1) is 16.4. The predicted octanol–water partition coefficient (Wildman–Crippen LogP) is 3.06. The van der Waals surface area contributed by atoms with Crippen molar-refractivity contribution in [1.82, 2.24) is 19.8 Å². The molecule has 2 aliphatic rings. The number of rotatable bonds is 7. The number of aromatic nitrogens is 2. The predicted molar refractivity (Wildman–Crippen MR) is 104 cm³/mol. The van der Waals surface area contributed by atoms with Gasteiger partial charge in [0, 0.05) is 50.3 Å². The van der Waals surface area contributed by atoms with Gasteiger partial charge in [0.15, 0.2) is 0 Å². The van der Waals surface area contributed by atoms with Crippen LogP contribution in [0.4, 0.5) is 11.6 Å². The number of nitrogens with zero attached hydrogens (tertiary/aromatic N) is 6. The van der Waals surface area contributed by atoms with E-state index in [9.17, 15) is 0 Å². The Hall–Kier alpha value is -3.02. The molecule has 0 fully saturated rings. The minimum absolute atomic E-state index is 0.883. The summed E-state index contributed by atoms with van der Waals surface area (Å²) in [6, 6.07) is 12.0. The number of pyridine rings is 2. The van der Waals surface area contributed by atoms with E-state index in [1.807, 2.05) is 48.8 Å². The lowest BCUT2D eigenvalue weighted by molar-refractivity contribution is 0.353. The number of hydrogen-bond donors (Lipinski definition) is 0. The van der Waals surface area contributed by atoms with Crippen molar-refractivity contribution in [3.63, 3.8) is 0 Å². The standard InChI is InChI=1S/C20H24N6/c1-3-9-21-19(7-1)25-15-13-23(17-25)11-5-6-12-24-14-16-26(18-24)20-8-2-4-10-22-20/h1-4,7-10,13-16H,5-6,11-12,17-18H2. The zero-order chi connectivity index (χ0) is 17.6. The van der Waals surface area contributed by atoms with Crippen molar-refractivity contribution in [2.24, 2.45) is 0 Å². The van der Waals surface area contributed by atoms with Gasteiger partial charge < -0.3 is 19.6 Å². The van der Waals surface area contributed by atoms with Crippen LogP contribution in [-0.4, -0.2) is 46.2 Å². The van der Waals surface area contributed by atoms with Crippen molar-refractivity contribution >= 4 is 11.6 Å². The average Bonchev–Trinajstić information content (AvgIpc) is 3.37. The summed E-state index contributed by atoms with van der Waals surface area (Å²) in [6.07, 6.45) is 14.6. The van der Waals surface area contributed by atoms with Crippen molar-refractivity contribution in [3.8, 4) is 0 Å². The van der Waals surface area contributed by atoms with Gasteiger partial charge in [-0.1, -0.05) is 12.1 Å². The molecule has 6 heteroatoms. The highest BCUT2D eigenvalue weighted by atomic mass is 15.4. The molecule has 0 saturated carbocycles. The fraction of sp³-hybridized carbons (Fsp3) is 0.300. The maximum atomic E-state index is 4.40. The minimum atomic E-state index is 0.883. The topological polar surface area (TPSA) is 38.7 Å². The third-order valence-electron chi connectivity index (χ3n) is 4.61. The Labute approximate surface area is 154 Å². The molecule has 2 aromatic heterocycles. The van der Waals surface area contributed by atoms with Crippen LogP contribution in [-0.2, 0) is 0 Å². The van der Waals surface area contributed by atoms with E-state index < -0.39 is 0 Å². The Morgan fingerprint density at radius 2 is 1.15 bits per heavy atom. The van der Waals surface area contributed by atoms with Gasteiger partial charge in [-0.3, -0.25) is 0 Å². The summed E-state index contributed by atoms with van der Waals surface area (Å²) in [5.41, 5.74) is 0. The smallest absolute Gasteiger partial charge is 0.133 e. The highest BCUT2D eigenvalue weighted by Gasteiger charge is 2.16. The Morgan fingerprint density at radius 1 is 0.654 bits per heavy atom. The Balaban J connectivity index is 1.15. The van der Waals surface area contributed by atoms with Gasteiger partial charge in [0.2, 0.25) is 0 Å². The molecule has 0 bridgehead atoms. The van der Waals surface area contributed by atoms with E-state index in [0.717, 1.165) is 38.1 Å². The second-order valence-electron chi connectivity index (χ2n) is 6.53. The Kier molecular flexibility index (Phi) is 5.00. The SMILES string of the molecule is C1=CN(c2ccccn2)CN1CCCCN1C=CN(c2ccccn2)C1. The summed E-state index contributed by atoms with van der Waals surface area (Å²) in [5, 5.41) is 0. The average molecular weight is 348 g/mol. The van der Waals surface area contributed by atoms with Gasteiger partial charge in [-0.05, 0) is 37.1 Å². The van der Waals surface area contributed by atoms with Gasteiger partial charge >= 0.3 is 0 Å². The summed E-state index contributed by atoms with van der Waals surface area (Å²) in [7, 11) is 0. The molecular formula is C20H24N6. The lowest BCUT2D eigenvalue weighted by Crippen LogP contribution is -2.28. The second kappa shape index (κ2) is 7.91. The van der Waals surface area contributed by atoms with Crippen LogP contribution >= 0.6 is 0 Å². The normalized spacial score (nSPS) is 16.2. The van der Waals surface area contributed by atoms with Crippen molar-refractivity contribution in [1.29, 1.82) is 0 Å². The molecule has 26 heavy (non-hydrogen) atoms. The molecule has 0 saturated heterocycles. The van der Waals surface area contributed by atoms with Gasteiger partial charge in [0.1, 0.15) is 11.6 Å². The first-order chi connectivity index (χ1) is 12.9. The molecule has 0 aliphatic carbocycles. The van der Waals surface area contributed by atoms with E-state index in [0.29, 0.717) is 0 Å². The van der Waals surface area contributed by atoms with Crippen LogP contribution < -0.4 is 9.80 Å². The van der Waals surface area contributed by atoms with Gasteiger partial charge in [-0.25, -0.2) is 9.97 Å². The molecule has 2 aromatic rings. The van der Waals surface area contributed by atoms with Crippen LogP contribution in [0.15, 0.2) is 73.6 Å². The number of unbranched alkanes of at least 4 members (excludes halogenated alkanes) is 1. The number of anilines is 2. The lowest BCUT2D eigenvalue weighted by atomic mass is 10.3. The highest BCUT2D eigenvalue weighted by Crippen LogP contribution is 2.18. The Morgan fingerprint density at radius 3 is 1.58 bits per heavy atom. The highest BCUT2D eigenvalue weighted by molar-refractivity contribution is 5.43. The van der Waals surface area contributed by atoms with E-state index in [-0.39, 0.29) is 0 Å². The molecule has 0 atom stereocenters. The molecule has 0 unspecified atom stereocenters. The molecule has 2 aliphatic heterocycles. The van der Waals surface area contributed by atoms with Crippen LogP contribution in [0.25, 0.3) is 0 Å². The summed E-state index contributed by atoms with van der Waals surface area (Å²) in [6.45, 7) is 3.91. The second-order valence-corrected chi connectivity index (χ2v) is 6.53. The van der Waals surface area contributed by atoms with E-state index >= 15 is 0 Å². The third kappa shape index (κ3) is 3.96. The maximum Gasteiger partial charge on any atom is 0.133 e. The van der Waals surface area contributed by atoms with Gasteiger partial charge in [-0.15, -0.1) is 0 Å². The molecule has 4 rings (SSSR count). The first-order valence-corrected chi connectivity index (χ1v) is 9.09. The Bertz CT molecular complexity index is 680. The lowest BCUT2D eigenvalue weighted by Gasteiger charge is -2.22. The van der Waals surface area contributed by atoms with E-state index in [1.54, 1.807) is 0 Å². The summed E-state index contributed by atoms with van der Waals surface area (Å²) in [5.74, 6) is 2.01. The van der Waals surface area contributed by atoms with Crippen molar-refractivity contribution in [2.45, 2.75) is 12.8 Å². The summed E-state index contributed by atoms with van der Waals surface area (Å²) >= 11 is 0. The van der Waals surface area contributed by atoms with E-state index in [4.69, 9.17) is 0 Å². The van der Waals surface area contributed by atoms with Gasteiger partial charge in [0.05, 0.1) is 13.3 Å². The maximum absolute atomic E-state index is 4.40. The van der Waals surface area contributed by atoms with Crippen molar-refractivity contribution in [3.05, 3.63) is 73.6 Å². The van der Waals surface area contributed by atoms with Gasteiger partial charge in [-0.2, -0.15) is 0 Å². The molecule has 0 radical (unpaired) electrons. The molecule has 4 heterocycles. The van der Waals surface area contributed by atoms with E-state index in [1.165, 1.54) is 12.8 Å². The number of hydrogen-bond acceptors (Lipinski definition) is 6. The molecule has 0 amide bonds. The first-order valence-electron chi connectivity index (χ1n) is 9.09. The molecule has 0 aromatic carbocycles. The molecular weight excluding hydrogens is 324 g/mol. The molecule has 0 N–H and O–H groups in total. The van der Waals surface area contributed by atoms with Crippen LogP contribution in [0.1, 0.15) is 12.8 Å². The fourth-order valence-electron chi connectivity index (χ4n) is 3.19. The van der Waals surface area contributed by atoms with E-state index in [2.05, 4.69) is 54.4 Å². The largest absolute Gasteiger partial charge is 0.358 e. The zero-order valence-electron chi connectivity index (χ0n) is 14.9. The molecule has 134 valence electrons. The molecule has 6 nitrogen and oxygen atoms in total. The van der Waals surface area contributed by atoms with Crippen LogP contribution in [0.5, 0.6) is 0 Å². The van der Waals surface area contributed by atoms with Gasteiger partial charge in [0.25, 0.3) is 0 Å². The van der Waals surface area contributed by atoms with Crippen molar-refractivity contribution in [2.75, 3.05) is 36.2 Å². The fourth-order valence-corrected chi connectivity index (χ4v) is 3.19. The summed E-state index contributed by atoms with van der Waals surface area (Å²) < 4.78 is 0.